The van der Waals surface area contributed by atoms with Crippen LogP contribution in [0, 0.1) is 6.92 Å². The standard InChI is InChI=1S/C16H14F3N3O4/c1-9-12(6-7-26-9)15(25)22-21-13(23)8-20-14(24)10-2-4-11(5-3-10)16(17,18)19/h2-7H,8H2,1H3,(H,20,24)(H,21,23)(H,22,25). The van der Waals surface area contributed by atoms with Gasteiger partial charge in [-0.25, -0.2) is 0 Å². The largest absolute Gasteiger partial charge is 0.469 e. The summed E-state index contributed by atoms with van der Waals surface area (Å²) < 4.78 is 42.3. The number of carbonyl (C=O) groups excluding carboxylic acids is 3. The van der Waals surface area contributed by atoms with Crippen LogP contribution in [-0.4, -0.2) is 24.3 Å². The number of furan rings is 1. The normalized spacial score (nSPS) is 10.9. The highest BCUT2D eigenvalue weighted by Gasteiger charge is 2.30. The Morgan fingerprint density at radius 2 is 1.65 bits per heavy atom. The van der Waals surface area contributed by atoms with Crippen molar-refractivity contribution in [1.82, 2.24) is 16.2 Å². The maximum absolute atomic E-state index is 12.5. The molecule has 7 nitrogen and oxygen atoms in total. The molecule has 0 saturated heterocycles. The molecular formula is C16H14F3N3O4. The summed E-state index contributed by atoms with van der Waals surface area (Å²) in [5.74, 6) is -1.68. The minimum absolute atomic E-state index is 0.0381. The summed E-state index contributed by atoms with van der Waals surface area (Å²) in [7, 11) is 0. The Labute approximate surface area is 145 Å². The van der Waals surface area contributed by atoms with Crippen molar-refractivity contribution in [2.24, 2.45) is 0 Å². The van der Waals surface area contributed by atoms with Crippen molar-refractivity contribution in [3.8, 4) is 0 Å². The van der Waals surface area contributed by atoms with Gasteiger partial charge in [-0.15, -0.1) is 0 Å². The minimum Gasteiger partial charge on any atom is -0.469 e. The summed E-state index contributed by atoms with van der Waals surface area (Å²) >= 11 is 0. The second-order valence-electron chi connectivity index (χ2n) is 5.15. The lowest BCUT2D eigenvalue weighted by Gasteiger charge is -2.09. The van der Waals surface area contributed by atoms with Crippen LogP contribution in [0.4, 0.5) is 13.2 Å². The summed E-state index contributed by atoms with van der Waals surface area (Å²) in [6.45, 7) is 1.09. The first kappa shape index (κ1) is 19.0. The predicted octanol–water partition coefficient (Wildman–Crippen LogP) is 1.80. The Hall–Kier alpha value is -3.30. The van der Waals surface area contributed by atoms with Crippen LogP contribution in [0.3, 0.4) is 0 Å². The lowest BCUT2D eigenvalue weighted by Crippen LogP contribution is -2.46. The molecule has 26 heavy (non-hydrogen) atoms. The van der Waals surface area contributed by atoms with Gasteiger partial charge in [-0.3, -0.25) is 25.2 Å². The van der Waals surface area contributed by atoms with E-state index in [1.807, 2.05) is 0 Å². The molecule has 0 aliphatic rings. The number of nitrogens with one attached hydrogen (secondary N) is 3. The number of halogens is 3. The molecule has 3 N–H and O–H groups in total. The monoisotopic (exact) mass is 369 g/mol. The SMILES string of the molecule is Cc1occc1C(=O)NNC(=O)CNC(=O)c1ccc(C(F)(F)F)cc1. The summed E-state index contributed by atoms with van der Waals surface area (Å²) in [6.07, 6.45) is -3.18. The van der Waals surface area contributed by atoms with Crippen LogP contribution >= 0.6 is 0 Å². The van der Waals surface area contributed by atoms with Crippen molar-refractivity contribution in [3.05, 3.63) is 59.0 Å². The van der Waals surface area contributed by atoms with Crippen molar-refractivity contribution in [2.45, 2.75) is 13.1 Å². The van der Waals surface area contributed by atoms with Gasteiger partial charge in [-0.2, -0.15) is 13.2 Å². The summed E-state index contributed by atoms with van der Waals surface area (Å²) in [5, 5.41) is 2.22. The van der Waals surface area contributed by atoms with E-state index < -0.39 is 36.0 Å². The molecule has 0 aliphatic carbocycles. The molecule has 138 valence electrons. The Kier molecular flexibility index (Phi) is 5.65. The third-order valence-corrected chi connectivity index (χ3v) is 3.30. The number of carbonyl (C=O) groups is 3. The van der Waals surface area contributed by atoms with Crippen LogP contribution in [0.2, 0.25) is 0 Å². The molecule has 2 aromatic rings. The first-order chi connectivity index (χ1) is 12.2. The molecule has 0 radical (unpaired) electrons. The van der Waals surface area contributed by atoms with E-state index >= 15 is 0 Å². The maximum atomic E-state index is 12.5. The Bertz CT molecular complexity index is 813. The van der Waals surface area contributed by atoms with Gasteiger partial charge in [-0.1, -0.05) is 0 Å². The van der Waals surface area contributed by atoms with Crippen molar-refractivity contribution < 1.29 is 32.0 Å². The number of alkyl halides is 3. The number of hydrazine groups is 1. The zero-order valence-electron chi connectivity index (χ0n) is 13.4. The number of hydrogen-bond donors (Lipinski definition) is 3. The van der Waals surface area contributed by atoms with Gasteiger partial charge in [-0.05, 0) is 37.3 Å². The molecule has 10 heteroatoms. The van der Waals surface area contributed by atoms with Gasteiger partial charge in [0.05, 0.1) is 23.9 Å². The van der Waals surface area contributed by atoms with E-state index in [0.717, 1.165) is 24.3 Å². The number of amides is 3. The van der Waals surface area contributed by atoms with Gasteiger partial charge >= 0.3 is 6.18 Å². The van der Waals surface area contributed by atoms with Crippen LogP contribution in [0.25, 0.3) is 0 Å². The van der Waals surface area contributed by atoms with Crippen LogP contribution < -0.4 is 16.2 Å². The Morgan fingerprint density at radius 1 is 1.00 bits per heavy atom. The van der Waals surface area contributed by atoms with Crippen LogP contribution in [0.1, 0.15) is 32.0 Å². The molecule has 0 unspecified atom stereocenters. The van der Waals surface area contributed by atoms with Gasteiger partial charge < -0.3 is 9.73 Å². The van der Waals surface area contributed by atoms with Gasteiger partial charge in [0.1, 0.15) is 5.76 Å². The highest BCUT2D eigenvalue weighted by molar-refractivity contribution is 5.98. The summed E-state index contributed by atoms with van der Waals surface area (Å²) in [5.41, 5.74) is 3.54. The van der Waals surface area contributed by atoms with E-state index in [9.17, 15) is 27.6 Å². The van der Waals surface area contributed by atoms with E-state index in [-0.39, 0.29) is 11.1 Å². The molecule has 3 amide bonds. The smallest absolute Gasteiger partial charge is 0.416 e. The van der Waals surface area contributed by atoms with Crippen LogP contribution in [0.15, 0.2) is 41.0 Å². The molecular weight excluding hydrogens is 355 g/mol. The molecule has 0 fully saturated rings. The second-order valence-corrected chi connectivity index (χ2v) is 5.15. The van der Waals surface area contributed by atoms with Crippen molar-refractivity contribution in [1.29, 1.82) is 0 Å². The first-order valence-electron chi connectivity index (χ1n) is 7.27. The highest BCUT2D eigenvalue weighted by Crippen LogP contribution is 2.29. The van der Waals surface area contributed by atoms with Crippen LogP contribution in [0.5, 0.6) is 0 Å². The quantitative estimate of drug-likeness (QED) is 0.716. The van der Waals surface area contributed by atoms with Crippen molar-refractivity contribution >= 4 is 17.7 Å². The zero-order chi connectivity index (χ0) is 19.3. The van der Waals surface area contributed by atoms with Crippen molar-refractivity contribution in [3.63, 3.8) is 0 Å². The molecule has 1 aromatic carbocycles. The molecule has 0 spiro atoms. The Balaban J connectivity index is 1.80. The average molecular weight is 369 g/mol. The average Bonchev–Trinajstić information content (AvgIpc) is 3.03. The third-order valence-electron chi connectivity index (χ3n) is 3.30. The number of hydrogen-bond acceptors (Lipinski definition) is 4. The van der Waals surface area contributed by atoms with E-state index in [0.29, 0.717) is 5.76 Å². The number of aryl methyl sites for hydroxylation is 1. The lowest BCUT2D eigenvalue weighted by atomic mass is 10.1. The third kappa shape index (κ3) is 4.85. The van der Waals surface area contributed by atoms with E-state index in [4.69, 9.17) is 4.42 Å². The van der Waals surface area contributed by atoms with Gasteiger partial charge in [0.25, 0.3) is 17.7 Å². The van der Waals surface area contributed by atoms with Gasteiger partial charge in [0, 0.05) is 5.56 Å². The first-order valence-corrected chi connectivity index (χ1v) is 7.27. The van der Waals surface area contributed by atoms with E-state index in [1.54, 1.807) is 6.92 Å². The zero-order valence-corrected chi connectivity index (χ0v) is 13.4. The molecule has 0 aliphatic heterocycles. The number of rotatable bonds is 4. The fraction of sp³-hybridized carbons (Fsp3) is 0.188. The number of benzene rings is 1. The van der Waals surface area contributed by atoms with E-state index in [2.05, 4.69) is 16.2 Å². The molecule has 0 saturated carbocycles. The Morgan fingerprint density at radius 3 is 2.19 bits per heavy atom. The summed E-state index contributed by atoms with van der Waals surface area (Å²) in [4.78, 5) is 35.2. The van der Waals surface area contributed by atoms with E-state index in [1.165, 1.54) is 12.3 Å². The highest BCUT2D eigenvalue weighted by atomic mass is 19.4. The molecule has 1 heterocycles. The predicted molar refractivity (Wildman–Crippen MR) is 82.8 cm³/mol. The second kappa shape index (κ2) is 7.72. The molecule has 0 bridgehead atoms. The fourth-order valence-electron chi connectivity index (χ4n) is 1.93. The minimum atomic E-state index is -4.50. The fourth-order valence-corrected chi connectivity index (χ4v) is 1.93. The topological polar surface area (TPSA) is 100 Å². The lowest BCUT2D eigenvalue weighted by molar-refractivity contribution is -0.137. The van der Waals surface area contributed by atoms with Gasteiger partial charge in [0.2, 0.25) is 0 Å². The summed E-state index contributed by atoms with van der Waals surface area (Å²) in [6, 6.07) is 4.95. The molecule has 2 rings (SSSR count). The van der Waals surface area contributed by atoms with Crippen LogP contribution in [-0.2, 0) is 11.0 Å². The van der Waals surface area contributed by atoms with Crippen molar-refractivity contribution in [2.75, 3.05) is 6.54 Å². The molecule has 0 atom stereocenters. The van der Waals surface area contributed by atoms with Gasteiger partial charge in [0.15, 0.2) is 0 Å². The molecule has 1 aromatic heterocycles. The maximum Gasteiger partial charge on any atom is 0.416 e.